The summed E-state index contributed by atoms with van der Waals surface area (Å²) in [6.07, 6.45) is 0. The lowest BCUT2D eigenvalue weighted by Gasteiger charge is -2.17. The lowest BCUT2D eigenvalue weighted by atomic mass is 10.2. The Labute approximate surface area is 116 Å². The molecule has 100 valence electrons. The molecule has 0 aliphatic carbocycles. The molecule has 0 atom stereocenters. The van der Waals surface area contributed by atoms with E-state index in [1.165, 1.54) is 0 Å². The fraction of sp³-hybridized carbons (Fsp3) is 0.231. The van der Waals surface area contributed by atoms with Crippen molar-refractivity contribution < 1.29 is 9.32 Å². The van der Waals surface area contributed by atoms with Crippen LogP contribution < -0.4 is 10.2 Å². The molecule has 1 aromatic heterocycles. The summed E-state index contributed by atoms with van der Waals surface area (Å²) in [6.45, 7) is 1.73. The van der Waals surface area contributed by atoms with Crippen molar-refractivity contribution >= 4 is 28.9 Å². The number of benzene rings is 1. The smallest absolute Gasteiger partial charge is 0.277 e. The molecule has 5 nitrogen and oxygen atoms in total. The van der Waals surface area contributed by atoms with Gasteiger partial charge < -0.3 is 14.7 Å². The summed E-state index contributed by atoms with van der Waals surface area (Å²) in [7, 11) is 3.78. The number of rotatable bonds is 3. The number of amides is 1. The molecule has 1 N–H and O–H groups in total. The van der Waals surface area contributed by atoms with Crippen molar-refractivity contribution in [3.05, 3.63) is 40.7 Å². The average molecular weight is 280 g/mol. The highest BCUT2D eigenvalue weighted by molar-refractivity contribution is 6.31. The standard InChI is InChI=1S/C13H14ClN3O2/c1-8-6-11(16-19-8)13(18)15-10-7-9(14)4-5-12(10)17(2)3/h4-7H,1-3H3,(H,15,18). The quantitative estimate of drug-likeness (QED) is 0.938. The number of halogens is 1. The molecular formula is C13H14ClN3O2. The predicted octanol–water partition coefficient (Wildman–Crippen LogP) is 2.95. The highest BCUT2D eigenvalue weighted by atomic mass is 35.5. The number of carbonyl (C=O) groups is 1. The molecule has 2 aromatic rings. The predicted molar refractivity (Wildman–Crippen MR) is 75.0 cm³/mol. The van der Waals surface area contributed by atoms with Crippen LogP contribution in [0.4, 0.5) is 11.4 Å². The van der Waals surface area contributed by atoms with E-state index in [9.17, 15) is 4.79 Å². The second kappa shape index (κ2) is 5.32. The Bertz CT molecular complexity index is 608. The van der Waals surface area contributed by atoms with Gasteiger partial charge in [0.1, 0.15) is 5.76 Å². The summed E-state index contributed by atoms with van der Waals surface area (Å²) in [5.74, 6) is 0.256. The first-order valence-electron chi connectivity index (χ1n) is 5.69. The fourth-order valence-corrected chi connectivity index (χ4v) is 1.83. The molecule has 0 unspecified atom stereocenters. The van der Waals surface area contributed by atoms with E-state index >= 15 is 0 Å². The van der Waals surface area contributed by atoms with Crippen LogP contribution in [0.5, 0.6) is 0 Å². The molecule has 0 bridgehead atoms. The molecule has 0 saturated carbocycles. The maximum atomic E-state index is 12.0. The monoisotopic (exact) mass is 279 g/mol. The van der Waals surface area contributed by atoms with Crippen molar-refractivity contribution in [3.63, 3.8) is 0 Å². The molecule has 1 heterocycles. The lowest BCUT2D eigenvalue weighted by molar-refractivity contribution is 0.101. The zero-order chi connectivity index (χ0) is 14.0. The van der Waals surface area contributed by atoms with Crippen molar-refractivity contribution in [2.75, 3.05) is 24.3 Å². The largest absolute Gasteiger partial charge is 0.376 e. The number of carbonyl (C=O) groups excluding carboxylic acids is 1. The van der Waals surface area contributed by atoms with Crippen molar-refractivity contribution in [2.24, 2.45) is 0 Å². The number of hydrogen-bond acceptors (Lipinski definition) is 4. The third kappa shape index (κ3) is 3.06. The number of nitrogens with zero attached hydrogens (tertiary/aromatic N) is 2. The van der Waals surface area contributed by atoms with Gasteiger partial charge in [-0.1, -0.05) is 16.8 Å². The molecule has 19 heavy (non-hydrogen) atoms. The van der Waals surface area contributed by atoms with Gasteiger partial charge in [-0.2, -0.15) is 0 Å². The van der Waals surface area contributed by atoms with Crippen LogP contribution in [0.3, 0.4) is 0 Å². The molecule has 0 spiro atoms. The van der Waals surface area contributed by atoms with Crippen LogP contribution in [0, 0.1) is 6.92 Å². The molecule has 1 aromatic carbocycles. The first-order chi connectivity index (χ1) is 8.97. The summed E-state index contributed by atoms with van der Waals surface area (Å²) >= 11 is 5.95. The first kappa shape index (κ1) is 13.4. The van der Waals surface area contributed by atoms with Crippen molar-refractivity contribution in [3.8, 4) is 0 Å². The summed E-state index contributed by atoms with van der Waals surface area (Å²) in [5, 5.41) is 7.00. The number of aromatic nitrogens is 1. The minimum absolute atomic E-state index is 0.238. The van der Waals surface area contributed by atoms with Crippen molar-refractivity contribution in [1.82, 2.24) is 5.16 Å². The fourth-order valence-electron chi connectivity index (χ4n) is 1.66. The number of hydrogen-bond donors (Lipinski definition) is 1. The van der Waals surface area contributed by atoms with E-state index < -0.39 is 0 Å². The van der Waals surface area contributed by atoms with E-state index in [1.807, 2.05) is 25.1 Å². The van der Waals surface area contributed by atoms with Crippen LogP contribution in [-0.2, 0) is 0 Å². The Kier molecular flexibility index (Phi) is 3.76. The van der Waals surface area contributed by atoms with E-state index in [1.54, 1.807) is 25.1 Å². The average Bonchev–Trinajstić information content (AvgIpc) is 2.75. The molecule has 2 rings (SSSR count). The van der Waals surface area contributed by atoms with Gasteiger partial charge in [0.2, 0.25) is 0 Å². The van der Waals surface area contributed by atoms with Gasteiger partial charge in [0.15, 0.2) is 5.69 Å². The van der Waals surface area contributed by atoms with E-state index in [0.717, 1.165) is 5.69 Å². The van der Waals surface area contributed by atoms with E-state index in [-0.39, 0.29) is 11.6 Å². The molecule has 0 aliphatic rings. The molecule has 0 radical (unpaired) electrons. The maximum absolute atomic E-state index is 12.0. The Hall–Kier alpha value is -2.01. The van der Waals surface area contributed by atoms with Gasteiger partial charge in [0.25, 0.3) is 5.91 Å². The molecule has 0 fully saturated rings. The van der Waals surface area contributed by atoms with Gasteiger partial charge in [-0.25, -0.2) is 0 Å². The summed E-state index contributed by atoms with van der Waals surface area (Å²) in [4.78, 5) is 13.9. The Balaban J connectivity index is 2.27. The summed E-state index contributed by atoms with van der Waals surface area (Å²) in [5.41, 5.74) is 1.73. The zero-order valence-electron chi connectivity index (χ0n) is 10.9. The summed E-state index contributed by atoms with van der Waals surface area (Å²) in [6, 6.07) is 6.88. The second-order valence-electron chi connectivity index (χ2n) is 4.33. The second-order valence-corrected chi connectivity index (χ2v) is 4.77. The molecule has 0 saturated heterocycles. The molecular weight excluding hydrogens is 266 g/mol. The van der Waals surface area contributed by atoms with Gasteiger partial charge >= 0.3 is 0 Å². The van der Waals surface area contributed by atoms with Gasteiger partial charge in [-0.3, -0.25) is 4.79 Å². The first-order valence-corrected chi connectivity index (χ1v) is 6.06. The number of anilines is 2. The van der Waals surface area contributed by atoms with Crippen LogP contribution in [0.1, 0.15) is 16.2 Å². The molecule has 6 heteroatoms. The Morgan fingerprint density at radius 2 is 2.11 bits per heavy atom. The SMILES string of the molecule is Cc1cc(C(=O)Nc2cc(Cl)ccc2N(C)C)no1. The third-order valence-corrected chi connectivity index (χ3v) is 2.78. The zero-order valence-corrected chi connectivity index (χ0v) is 11.7. The van der Waals surface area contributed by atoms with Crippen LogP contribution in [0.25, 0.3) is 0 Å². The number of aryl methyl sites for hydroxylation is 1. The van der Waals surface area contributed by atoms with Crippen LogP contribution in [0.15, 0.2) is 28.8 Å². The van der Waals surface area contributed by atoms with Crippen LogP contribution in [0.2, 0.25) is 5.02 Å². The van der Waals surface area contributed by atoms with E-state index in [0.29, 0.717) is 16.5 Å². The minimum Gasteiger partial charge on any atom is -0.376 e. The van der Waals surface area contributed by atoms with Crippen LogP contribution in [-0.4, -0.2) is 25.2 Å². The number of nitrogens with one attached hydrogen (secondary N) is 1. The van der Waals surface area contributed by atoms with Crippen molar-refractivity contribution in [1.29, 1.82) is 0 Å². The van der Waals surface area contributed by atoms with Gasteiger partial charge in [0, 0.05) is 25.2 Å². The lowest BCUT2D eigenvalue weighted by Crippen LogP contribution is -2.17. The van der Waals surface area contributed by atoms with Crippen molar-refractivity contribution in [2.45, 2.75) is 6.92 Å². The van der Waals surface area contributed by atoms with E-state index in [2.05, 4.69) is 10.5 Å². The van der Waals surface area contributed by atoms with Gasteiger partial charge in [-0.05, 0) is 25.1 Å². The normalized spacial score (nSPS) is 10.3. The van der Waals surface area contributed by atoms with Gasteiger partial charge in [-0.15, -0.1) is 0 Å². The van der Waals surface area contributed by atoms with Crippen LogP contribution >= 0.6 is 11.6 Å². The van der Waals surface area contributed by atoms with Gasteiger partial charge in [0.05, 0.1) is 11.4 Å². The highest BCUT2D eigenvalue weighted by Gasteiger charge is 2.14. The minimum atomic E-state index is -0.331. The third-order valence-electron chi connectivity index (χ3n) is 2.55. The highest BCUT2D eigenvalue weighted by Crippen LogP contribution is 2.28. The maximum Gasteiger partial charge on any atom is 0.277 e. The Morgan fingerprint density at radius 3 is 2.68 bits per heavy atom. The van der Waals surface area contributed by atoms with E-state index in [4.69, 9.17) is 16.1 Å². The summed E-state index contributed by atoms with van der Waals surface area (Å²) < 4.78 is 4.88. The molecule has 0 aliphatic heterocycles. The topological polar surface area (TPSA) is 58.4 Å². The molecule has 1 amide bonds. The Morgan fingerprint density at radius 1 is 1.37 bits per heavy atom.